The normalized spacial score (nSPS) is 14.8. The summed E-state index contributed by atoms with van der Waals surface area (Å²) in [6, 6.07) is 19.7. The van der Waals surface area contributed by atoms with Crippen LogP contribution in [-0.2, 0) is 9.59 Å². The van der Waals surface area contributed by atoms with Crippen molar-refractivity contribution in [2.24, 2.45) is 5.92 Å². The van der Waals surface area contributed by atoms with Crippen LogP contribution in [0.25, 0.3) is 11.1 Å². The average Bonchev–Trinajstić information content (AvgIpc) is 3.24. The summed E-state index contributed by atoms with van der Waals surface area (Å²) in [6.07, 6.45) is 17.6. The maximum Gasteiger partial charge on any atom is 0.227 e. The Balaban J connectivity index is 1.20. The Kier molecular flexibility index (Phi) is 12.7. The average molecular weight is 765 g/mol. The molecule has 4 aromatic rings. The fraction of sp³-hybridized carbons (Fsp3) is 0.388. The van der Waals surface area contributed by atoms with E-state index in [4.69, 9.17) is 0 Å². The van der Waals surface area contributed by atoms with Gasteiger partial charge in [-0.1, -0.05) is 151 Å². The third-order valence-corrected chi connectivity index (χ3v) is 12.0. The molecule has 0 aliphatic heterocycles. The highest BCUT2D eigenvalue weighted by Gasteiger charge is 2.39. The van der Waals surface area contributed by atoms with Crippen LogP contribution in [0.1, 0.15) is 180 Å². The van der Waals surface area contributed by atoms with E-state index in [-0.39, 0.29) is 80.0 Å². The quantitative estimate of drug-likeness (QED) is 0.0945. The molecule has 8 nitrogen and oxygen atoms in total. The molecule has 57 heavy (non-hydrogen) atoms. The van der Waals surface area contributed by atoms with Crippen LogP contribution in [0, 0.1) is 5.92 Å². The van der Waals surface area contributed by atoms with Gasteiger partial charge in [0.15, 0.2) is 23.1 Å². The number of carbonyl (C=O) groups is 6. The Morgan fingerprint density at radius 3 is 1.33 bits per heavy atom. The molecule has 0 unspecified atom stereocenters. The Morgan fingerprint density at radius 1 is 0.474 bits per heavy atom. The lowest BCUT2D eigenvalue weighted by atomic mass is 9.75. The summed E-state index contributed by atoms with van der Waals surface area (Å²) in [5.41, 5.74) is 2.22. The summed E-state index contributed by atoms with van der Waals surface area (Å²) in [7, 11) is 0. The number of hydrogen-bond donors (Lipinski definition) is 2. The van der Waals surface area contributed by atoms with Gasteiger partial charge in [-0.05, 0) is 42.5 Å². The lowest BCUT2D eigenvalue weighted by Gasteiger charge is -2.27. The molecule has 4 aromatic carbocycles. The standard InChI is InChI=1S/C49H52N2O6/c1-2-3-4-5-6-7-8-9-10-11-15-26-40(52)50-38-29-27-32(41-43(38)47(55)36-24-18-16-22-34(36)45(41)53)33-28-30-39(51-49(57)31-20-13-12-14-21-31)44-42(33)46(54)35-23-17-19-25-37(35)48(44)56/h16-19,22-25,27-31H,2-15,20-21,26H2,1H3,(H,50,52)(H,51,57). The largest absolute Gasteiger partial charge is 0.325 e. The molecule has 294 valence electrons. The number of unbranched alkanes of at least 4 members (excludes halogenated alkanes) is 10. The zero-order chi connectivity index (χ0) is 39.9. The lowest BCUT2D eigenvalue weighted by molar-refractivity contribution is -0.120. The number of ketones is 4. The van der Waals surface area contributed by atoms with E-state index in [1.165, 1.54) is 44.9 Å². The van der Waals surface area contributed by atoms with Gasteiger partial charge in [-0.15, -0.1) is 0 Å². The number of carbonyl (C=O) groups excluding carboxylic acids is 6. The molecule has 0 aromatic heterocycles. The second-order valence-corrected chi connectivity index (χ2v) is 15.9. The van der Waals surface area contributed by atoms with Gasteiger partial charge in [-0.25, -0.2) is 0 Å². The first-order valence-electron chi connectivity index (χ1n) is 21.1. The molecule has 0 spiro atoms. The fourth-order valence-corrected chi connectivity index (χ4v) is 8.86. The smallest absolute Gasteiger partial charge is 0.227 e. The van der Waals surface area contributed by atoms with Crippen LogP contribution in [0.4, 0.5) is 11.4 Å². The second-order valence-electron chi connectivity index (χ2n) is 15.9. The van der Waals surface area contributed by atoms with Gasteiger partial charge in [-0.3, -0.25) is 28.8 Å². The van der Waals surface area contributed by atoms with Crippen LogP contribution in [0.15, 0.2) is 72.8 Å². The van der Waals surface area contributed by atoms with Gasteiger partial charge in [0.05, 0.1) is 22.5 Å². The van der Waals surface area contributed by atoms with Crippen LogP contribution in [0.5, 0.6) is 0 Å². The van der Waals surface area contributed by atoms with Gasteiger partial charge in [-0.2, -0.15) is 0 Å². The van der Waals surface area contributed by atoms with E-state index in [9.17, 15) is 28.8 Å². The second kappa shape index (κ2) is 18.2. The molecule has 7 rings (SSSR count). The van der Waals surface area contributed by atoms with E-state index < -0.39 is 23.1 Å². The van der Waals surface area contributed by atoms with Crippen LogP contribution < -0.4 is 10.6 Å². The number of fused-ring (bicyclic) bond motifs is 4. The van der Waals surface area contributed by atoms with Crippen molar-refractivity contribution < 1.29 is 28.8 Å². The molecule has 8 heteroatoms. The van der Waals surface area contributed by atoms with Crippen LogP contribution in [0.2, 0.25) is 0 Å². The number of amides is 2. The first-order valence-corrected chi connectivity index (χ1v) is 21.1. The highest BCUT2D eigenvalue weighted by molar-refractivity contribution is 6.35. The Hall–Kier alpha value is -5.50. The van der Waals surface area contributed by atoms with E-state index in [1.54, 1.807) is 72.8 Å². The number of hydrogen-bond acceptors (Lipinski definition) is 6. The van der Waals surface area contributed by atoms with E-state index in [0.29, 0.717) is 17.5 Å². The number of anilines is 2. The van der Waals surface area contributed by atoms with Crippen molar-refractivity contribution in [1.29, 1.82) is 0 Å². The number of nitrogens with one attached hydrogen (secondary N) is 2. The maximum atomic E-state index is 14.5. The lowest BCUT2D eigenvalue weighted by Crippen LogP contribution is -2.29. The summed E-state index contributed by atoms with van der Waals surface area (Å²) >= 11 is 0. The van der Waals surface area contributed by atoms with Gasteiger partial charge >= 0.3 is 0 Å². The molecular weight excluding hydrogens is 713 g/mol. The number of rotatable bonds is 16. The zero-order valence-electron chi connectivity index (χ0n) is 33.0. The zero-order valence-corrected chi connectivity index (χ0v) is 33.0. The predicted molar refractivity (Wildman–Crippen MR) is 223 cm³/mol. The summed E-state index contributed by atoms with van der Waals surface area (Å²) in [4.78, 5) is 84.5. The fourth-order valence-electron chi connectivity index (χ4n) is 8.86. The molecule has 3 aliphatic rings. The topological polar surface area (TPSA) is 126 Å². The van der Waals surface area contributed by atoms with Crippen molar-refractivity contribution in [3.05, 3.63) is 117 Å². The highest BCUT2D eigenvalue weighted by Crippen LogP contribution is 2.44. The maximum absolute atomic E-state index is 14.5. The Bertz CT molecular complexity index is 2230. The molecule has 1 fully saturated rings. The van der Waals surface area contributed by atoms with Crippen molar-refractivity contribution in [2.45, 2.75) is 116 Å². The molecule has 2 N–H and O–H groups in total. The third-order valence-electron chi connectivity index (χ3n) is 12.0. The Morgan fingerprint density at radius 2 is 0.877 bits per heavy atom. The van der Waals surface area contributed by atoms with Gasteiger partial charge in [0, 0.05) is 45.7 Å². The van der Waals surface area contributed by atoms with E-state index in [1.807, 2.05) is 0 Å². The van der Waals surface area contributed by atoms with Crippen molar-refractivity contribution in [2.75, 3.05) is 10.6 Å². The molecule has 0 atom stereocenters. The summed E-state index contributed by atoms with van der Waals surface area (Å²) in [6.45, 7) is 2.23. The van der Waals surface area contributed by atoms with Crippen molar-refractivity contribution >= 4 is 46.3 Å². The Labute approximate surface area is 335 Å². The molecule has 0 saturated heterocycles. The molecule has 0 bridgehead atoms. The summed E-state index contributed by atoms with van der Waals surface area (Å²) < 4.78 is 0. The predicted octanol–water partition coefficient (Wildman–Crippen LogP) is 11.1. The molecular formula is C49H52N2O6. The van der Waals surface area contributed by atoms with Crippen LogP contribution in [0.3, 0.4) is 0 Å². The summed E-state index contributed by atoms with van der Waals surface area (Å²) in [5, 5.41) is 5.92. The first kappa shape index (κ1) is 39.7. The van der Waals surface area contributed by atoms with Crippen LogP contribution >= 0.6 is 0 Å². The minimum Gasteiger partial charge on any atom is -0.325 e. The molecule has 3 aliphatic carbocycles. The minimum atomic E-state index is -0.421. The van der Waals surface area contributed by atoms with E-state index in [0.717, 1.165) is 51.4 Å². The first-order chi connectivity index (χ1) is 27.8. The SMILES string of the molecule is CCCCCCCCCCCCCC(=O)Nc1ccc(-c2ccc(NC(=O)C3CCCCC3)c3c2C(=O)c2ccccc2C3=O)c2c1C(=O)c1ccccc1C2=O. The highest BCUT2D eigenvalue weighted by atomic mass is 16.2. The van der Waals surface area contributed by atoms with Gasteiger partial charge in [0.1, 0.15) is 0 Å². The van der Waals surface area contributed by atoms with E-state index in [2.05, 4.69) is 17.6 Å². The molecule has 1 saturated carbocycles. The van der Waals surface area contributed by atoms with Crippen molar-refractivity contribution in [3.8, 4) is 11.1 Å². The molecule has 0 radical (unpaired) electrons. The third kappa shape index (κ3) is 8.32. The number of benzene rings is 4. The van der Waals surface area contributed by atoms with Crippen molar-refractivity contribution in [3.63, 3.8) is 0 Å². The van der Waals surface area contributed by atoms with Crippen LogP contribution in [-0.4, -0.2) is 34.9 Å². The monoisotopic (exact) mass is 764 g/mol. The van der Waals surface area contributed by atoms with Crippen molar-refractivity contribution in [1.82, 2.24) is 0 Å². The van der Waals surface area contributed by atoms with Gasteiger partial charge in [0.25, 0.3) is 0 Å². The molecule has 2 amide bonds. The molecule has 0 heterocycles. The summed E-state index contributed by atoms with van der Waals surface area (Å²) in [5.74, 6) is -2.28. The van der Waals surface area contributed by atoms with E-state index >= 15 is 0 Å². The van der Waals surface area contributed by atoms with Gasteiger partial charge < -0.3 is 10.6 Å². The van der Waals surface area contributed by atoms with Gasteiger partial charge in [0.2, 0.25) is 11.8 Å². The minimum absolute atomic E-state index is 0.0573.